The molecule has 0 aromatic heterocycles. The van der Waals surface area contributed by atoms with E-state index in [-0.39, 0.29) is 24.9 Å². The van der Waals surface area contributed by atoms with Crippen molar-refractivity contribution in [3.05, 3.63) is 109 Å². The summed E-state index contributed by atoms with van der Waals surface area (Å²) >= 11 is 0. The van der Waals surface area contributed by atoms with E-state index in [4.69, 9.17) is 4.74 Å². The summed E-state index contributed by atoms with van der Waals surface area (Å²) in [6.45, 7) is 6.33. The summed E-state index contributed by atoms with van der Waals surface area (Å²) in [4.78, 5) is 26.2. The lowest BCUT2D eigenvalue weighted by atomic mass is 10.0. The average molecular weight is 973 g/mol. The molecule has 3 atom stereocenters. The molecule has 3 N–H and O–H groups in total. The van der Waals surface area contributed by atoms with E-state index in [2.05, 4.69) is 123 Å². The van der Waals surface area contributed by atoms with Crippen molar-refractivity contribution in [3.63, 3.8) is 0 Å². The van der Waals surface area contributed by atoms with Gasteiger partial charge < -0.3 is 20.3 Å². The van der Waals surface area contributed by atoms with Gasteiger partial charge in [0, 0.05) is 6.42 Å². The minimum absolute atomic E-state index is 0.0612. The largest absolute Gasteiger partial charge is 0.458 e. The second kappa shape index (κ2) is 56.4. The number of nitrogens with one attached hydrogen (secondary N) is 1. The molecule has 400 valence electrons. The topological polar surface area (TPSA) is 95.9 Å². The molecule has 6 heteroatoms. The number of ether oxygens (including phenoxy) is 1. The number of hydrogen-bond acceptors (Lipinski definition) is 5. The van der Waals surface area contributed by atoms with E-state index in [1.165, 1.54) is 116 Å². The molecule has 0 aromatic rings. The zero-order valence-corrected chi connectivity index (χ0v) is 45.6. The number of hydrogen-bond donors (Lipinski definition) is 3. The molecule has 0 spiro atoms. The zero-order chi connectivity index (χ0) is 50.9. The number of aliphatic hydroxyl groups excluding tert-OH is 2. The molecule has 0 aliphatic carbocycles. The normalized spacial score (nSPS) is 14.0. The zero-order valence-electron chi connectivity index (χ0n) is 45.6. The Bertz CT molecular complexity index is 1420. The van der Waals surface area contributed by atoms with Gasteiger partial charge in [-0.15, -0.1) is 0 Å². The predicted octanol–water partition coefficient (Wildman–Crippen LogP) is 18.2. The van der Waals surface area contributed by atoms with Gasteiger partial charge in [0.1, 0.15) is 6.10 Å². The first-order valence-corrected chi connectivity index (χ1v) is 29.2. The molecule has 0 aromatic carbocycles. The highest BCUT2D eigenvalue weighted by Gasteiger charge is 2.23. The number of carbonyl (C=O) groups is 2. The summed E-state index contributed by atoms with van der Waals surface area (Å²) in [6.07, 6.45) is 77.5. The van der Waals surface area contributed by atoms with Crippen molar-refractivity contribution in [2.75, 3.05) is 6.61 Å². The lowest BCUT2D eigenvalue weighted by molar-refractivity contribution is -0.148. The minimum atomic E-state index is -0.831. The molecule has 0 rings (SSSR count). The molecule has 0 saturated carbocycles. The van der Waals surface area contributed by atoms with Crippen LogP contribution < -0.4 is 5.32 Å². The number of carbonyl (C=O) groups excluding carboxylic acids is 2. The molecule has 0 radical (unpaired) electrons. The van der Waals surface area contributed by atoms with Gasteiger partial charge in [-0.05, 0) is 83.1 Å². The van der Waals surface area contributed by atoms with Gasteiger partial charge in [0.05, 0.1) is 25.2 Å². The van der Waals surface area contributed by atoms with Crippen molar-refractivity contribution in [1.29, 1.82) is 0 Å². The highest BCUT2D eigenvalue weighted by molar-refractivity contribution is 5.78. The van der Waals surface area contributed by atoms with Gasteiger partial charge in [0.2, 0.25) is 5.91 Å². The third kappa shape index (κ3) is 50.9. The minimum Gasteiger partial charge on any atom is -0.458 e. The molecular formula is C64H109NO5. The Balaban J connectivity index is 4.77. The first-order chi connectivity index (χ1) is 34.5. The summed E-state index contributed by atoms with van der Waals surface area (Å²) in [5.74, 6) is -0.656. The predicted molar refractivity (Wildman–Crippen MR) is 305 cm³/mol. The van der Waals surface area contributed by atoms with Crippen LogP contribution in [-0.2, 0) is 14.3 Å². The monoisotopic (exact) mass is 972 g/mol. The van der Waals surface area contributed by atoms with Gasteiger partial charge in [0.15, 0.2) is 0 Å². The molecule has 70 heavy (non-hydrogen) atoms. The van der Waals surface area contributed by atoms with E-state index in [9.17, 15) is 19.8 Å². The standard InChI is InChI=1S/C64H109NO5/c1-4-7-10-13-16-19-22-25-28-31-33-36-39-42-45-48-51-54-57-64(69)70-60(55-52-49-46-43-40-37-34-32-29-26-23-20-17-14-11-8-5-2)58-63(68)65-61(59-66)62(67)56-53-50-47-44-41-38-35-30-27-24-21-18-15-12-9-6-3/h8,11,17,20,22,25-26,28-29,31,33-34,36-37,43,46,52,55,60-62,66-67H,4-7,9-10,12-16,18-19,21,23-24,27,30,32,35,38-42,44-45,47-51,53-54,56-59H2,1-3H3,(H,65,68)/b11-8-,20-17-,25-22+,29-26-,31-28+,36-33+,37-34-,46-43-,55-52-. The summed E-state index contributed by atoms with van der Waals surface area (Å²) in [6, 6.07) is -0.755. The lowest BCUT2D eigenvalue weighted by Crippen LogP contribution is -2.46. The smallest absolute Gasteiger partial charge is 0.306 e. The van der Waals surface area contributed by atoms with Gasteiger partial charge in [0.25, 0.3) is 0 Å². The van der Waals surface area contributed by atoms with E-state index >= 15 is 0 Å². The van der Waals surface area contributed by atoms with Gasteiger partial charge in [-0.1, -0.05) is 272 Å². The highest BCUT2D eigenvalue weighted by Crippen LogP contribution is 2.16. The summed E-state index contributed by atoms with van der Waals surface area (Å²) in [7, 11) is 0. The molecule has 0 aliphatic rings. The number of esters is 1. The first-order valence-electron chi connectivity index (χ1n) is 29.2. The maximum absolute atomic E-state index is 13.2. The Morgan fingerprint density at radius 1 is 0.457 bits per heavy atom. The second-order valence-electron chi connectivity index (χ2n) is 19.4. The fraction of sp³-hybridized carbons (Fsp3) is 0.688. The highest BCUT2D eigenvalue weighted by atomic mass is 16.5. The fourth-order valence-corrected chi connectivity index (χ4v) is 8.25. The van der Waals surface area contributed by atoms with Crippen molar-refractivity contribution < 1.29 is 24.5 Å². The van der Waals surface area contributed by atoms with Crippen LogP contribution in [0, 0.1) is 0 Å². The summed E-state index contributed by atoms with van der Waals surface area (Å²) in [5, 5.41) is 23.8. The maximum atomic E-state index is 13.2. The third-order valence-electron chi connectivity index (χ3n) is 12.6. The van der Waals surface area contributed by atoms with Gasteiger partial charge in [-0.2, -0.15) is 0 Å². The Kier molecular flexibility index (Phi) is 53.6. The molecule has 0 saturated heterocycles. The van der Waals surface area contributed by atoms with Crippen molar-refractivity contribution in [2.24, 2.45) is 0 Å². The van der Waals surface area contributed by atoms with E-state index in [1.54, 1.807) is 6.08 Å². The molecule has 0 bridgehead atoms. The average Bonchev–Trinajstić information content (AvgIpc) is 3.35. The number of allylic oxidation sites excluding steroid dienone is 17. The van der Waals surface area contributed by atoms with Crippen LogP contribution in [0.3, 0.4) is 0 Å². The maximum Gasteiger partial charge on any atom is 0.306 e. The first kappa shape index (κ1) is 66.5. The summed E-state index contributed by atoms with van der Waals surface area (Å²) in [5.41, 5.74) is 0. The molecule has 0 fully saturated rings. The SMILES string of the molecule is CC/C=C\C/C=C\C/C=C\C/C=C\C/C=C\C/C=C\C(CC(=O)NC(CO)C(O)CCCCCCCCCCCCCCCCCC)OC(=O)CCCCCCC/C=C/C=C/C=C/CCCCCCC. The quantitative estimate of drug-likeness (QED) is 0.0244. The van der Waals surface area contributed by atoms with Crippen molar-refractivity contribution in [3.8, 4) is 0 Å². The van der Waals surface area contributed by atoms with Crippen molar-refractivity contribution >= 4 is 11.9 Å². The van der Waals surface area contributed by atoms with Crippen LogP contribution in [0.15, 0.2) is 109 Å². The number of unbranched alkanes of at least 4 members (excludes halogenated alkanes) is 25. The van der Waals surface area contributed by atoms with E-state index < -0.39 is 18.2 Å². The van der Waals surface area contributed by atoms with Crippen molar-refractivity contribution in [1.82, 2.24) is 5.32 Å². The number of aliphatic hydroxyl groups is 2. The molecule has 1 amide bonds. The van der Waals surface area contributed by atoms with Crippen LogP contribution in [0.1, 0.15) is 258 Å². The Labute approximate surface area is 432 Å². The van der Waals surface area contributed by atoms with Gasteiger partial charge >= 0.3 is 5.97 Å². The molecule has 0 heterocycles. The Hall–Kier alpha value is -3.48. The summed E-state index contributed by atoms with van der Waals surface area (Å²) < 4.78 is 5.84. The molecule has 0 aliphatic heterocycles. The third-order valence-corrected chi connectivity index (χ3v) is 12.6. The van der Waals surface area contributed by atoms with Crippen LogP contribution in [0.25, 0.3) is 0 Å². The van der Waals surface area contributed by atoms with Gasteiger partial charge in [-0.25, -0.2) is 0 Å². The van der Waals surface area contributed by atoms with Crippen LogP contribution >= 0.6 is 0 Å². The van der Waals surface area contributed by atoms with Crippen LogP contribution in [0.4, 0.5) is 0 Å². The number of rotatable bonds is 51. The van der Waals surface area contributed by atoms with Gasteiger partial charge in [-0.3, -0.25) is 9.59 Å². The Morgan fingerprint density at radius 2 is 0.843 bits per heavy atom. The molecular weight excluding hydrogens is 863 g/mol. The van der Waals surface area contributed by atoms with Crippen LogP contribution in [0.2, 0.25) is 0 Å². The Morgan fingerprint density at radius 3 is 1.27 bits per heavy atom. The molecule has 6 nitrogen and oxygen atoms in total. The lowest BCUT2D eigenvalue weighted by Gasteiger charge is -2.23. The van der Waals surface area contributed by atoms with Crippen molar-refractivity contribution in [2.45, 2.75) is 277 Å². The van der Waals surface area contributed by atoms with E-state index in [0.717, 1.165) is 96.3 Å². The fourth-order valence-electron chi connectivity index (χ4n) is 8.25. The van der Waals surface area contributed by atoms with Crippen LogP contribution in [-0.4, -0.2) is 46.9 Å². The number of amides is 1. The second-order valence-corrected chi connectivity index (χ2v) is 19.4. The van der Waals surface area contributed by atoms with Crippen LogP contribution in [0.5, 0.6) is 0 Å². The molecule has 3 unspecified atom stereocenters. The van der Waals surface area contributed by atoms with E-state index in [0.29, 0.717) is 19.3 Å². The van der Waals surface area contributed by atoms with E-state index in [1.807, 2.05) is 6.08 Å².